The molecule has 0 radical (unpaired) electrons. The highest BCUT2D eigenvalue weighted by molar-refractivity contribution is 7.92. The molecule has 156 valence electrons. The summed E-state index contributed by atoms with van der Waals surface area (Å²) in [5.41, 5.74) is 1.33. The van der Waals surface area contributed by atoms with Crippen molar-refractivity contribution >= 4 is 21.6 Å². The monoisotopic (exact) mass is 424 g/mol. The normalized spacial score (nSPS) is 12.1. The average molecular weight is 425 g/mol. The topological polar surface area (TPSA) is 75.7 Å². The molecule has 0 spiro atoms. The van der Waals surface area contributed by atoms with Gasteiger partial charge in [0.15, 0.2) is 0 Å². The molecule has 6 nitrogen and oxygen atoms in total. The van der Waals surface area contributed by atoms with E-state index < -0.39 is 10.0 Å². The van der Waals surface area contributed by atoms with Gasteiger partial charge < -0.3 is 10.1 Å². The lowest BCUT2D eigenvalue weighted by molar-refractivity contribution is -0.120. The highest BCUT2D eigenvalue weighted by Crippen LogP contribution is 2.25. The zero-order chi connectivity index (χ0) is 21.6. The van der Waals surface area contributed by atoms with E-state index in [1.165, 1.54) is 0 Å². The van der Waals surface area contributed by atoms with Crippen LogP contribution in [0.4, 0.5) is 5.69 Å². The van der Waals surface area contributed by atoms with Crippen molar-refractivity contribution in [2.45, 2.75) is 13.0 Å². The lowest BCUT2D eigenvalue weighted by Crippen LogP contribution is -2.41. The lowest BCUT2D eigenvalue weighted by Gasteiger charge is -2.23. The molecule has 3 aromatic carbocycles. The van der Waals surface area contributed by atoms with E-state index in [9.17, 15) is 13.2 Å². The second kappa shape index (κ2) is 9.45. The van der Waals surface area contributed by atoms with E-state index in [0.717, 1.165) is 16.1 Å². The van der Waals surface area contributed by atoms with Crippen LogP contribution in [0.1, 0.15) is 18.5 Å². The van der Waals surface area contributed by atoms with Crippen molar-refractivity contribution < 1.29 is 17.9 Å². The number of hydrogen-bond acceptors (Lipinski definition) is 4. The molecule has 7 heteroatoms. The van der Waals surface area contributed by atoms with Crippen LogP contribution in [-0.2, 0) is 14.8 Å². The number of amides is 1. The maximum Gasteiger partial charge on any atom is 0.241 e. The van der Waals surface area contributed by atoms with Gasteiger partial charge in [0.2, 0.25) is 15.9 Å². The van der Waals surface area contributed by atoms with Crippen LogP contribution in [0.5, 0.6) is 11.5 Å². The minimum atomic E-state index is -3.65. The molecule has 1 atom stereocenters. The molecule has 0 unspecified atom stereocenters. The van der Waals surface area contributed by atoms with Crippen LogP contribution in [-0.4, -0.2) is 27.1 Å². The Bertz CT molecular complexity index is 1070. The Morgan fingerprint density at radius 2 is 1.43 bits per heavy atom. The van der Waals surface area contributed by atoms with Gasteiger partial charge in [0.05, 0.1) is 18.0 Å². The fourth-order valence-corrected chi connectivity index (χ4v) is 3.80. The summed E-state index contributed by atoms with van der Waals surface area (Å²) in [4.78, 5) is 12.5. The highest BCUT2D eigenvalue weighted by Gasteiger charge is 2.22. The quantitative estimate of drug-likeness (QED) is 0.590. The molecule has 0 aromatic heterocycles. The average Bonchev–Trinajstić information content (AvgIpc) is 2.73. The fraction of sp³-hybridized carbons (Fsp3) is 0.174. The molecule has 0 aliphatic heterocycles. The van der Waals surface area contributed by atoms with Crippen LogP contribution in [0.25, 0.3) is 0 Å². The molecule has 0 saturated carbocycles. The number of para-hydroxylation sites is 1. The summed E-state index contributed by atoms with van der Waals surface area (Å²) in [6, 6.07) is 25.1. The van der Waals surface area contributed by atoms with E-state index in [-0.39, 0.29) is 18.5 Å². The van der Waals surface area contributed by atoms with Gasteiger partial charge in [-0.3, -0.25) is 9.10 Å². The first-order valence-electron chi connectivity index (χ1n) is 9.48. The predicted molar refractivity (Wildman–Crippen MR) is 118 cm³/mol. The summed E-state index contributed by atoms with van der Waals surface area (Å²) in [6.45, 7) is 1.54. The predicted octanol–water partition coefficient (Wildman–Crippen LogP) is 4.12. The van der Waals surface area contributed by atoms with Gasteiger partial charge in [0, 0.05) is 0 Å². The number of carbonyl (C=O) groups is 1. The van der Waals surface area contributed by atoms with E-state index in [1.807, 2.05) is 67.6 Å². The van der Waals surface area contributed by atoms with Crippen LogP contribution in [0.3, 0.4) is 0 Å². The summed E-state index contributed by atoms with van der Waals surface area (Å²) in [5, 5.41) is 2.84. The molecule has 0 aliphatic carbocycles. The summed E-state index contributed by atoms with van der Waals surface area (Å²) in [7, 11) is -3.65. The Balaban J connectivity index is 1.70. The smallest absolute Gasteiger partial charge is 0.241 e. The van der Waals surface area contributed by atoms with Gasteiger partial charge in [-0.15, -0.1) is 0 Å². The maximum atomic E-state index is 12.5. The van der Waals surface area contributed by atoms with E-state index in [1.54, 1.807) is 24.3 Å². The van der Waals surface area contributed by atoms with Gasteiger partial charge in [-0.2, -0.15) is 0 Å². The Labute approximate surface area is 177 Å². The number of benzene rings is 3. The number of carbonyl (C=O) groups excluding carboxylic acids is 1. The van der Waals surface area contributed by atoms with Crippen molar-refractivity contribution in [2.24, 2.45) is 0 Å². The first kappa shape index (κ1) is 21.4. The first-order chi connectivity index (χ1) is 14.3. The molecule has 0 bridgehead atoms. The number of rotatable bonds is 8. The summed E-state index contributed by atoms with van der Waals surface area (Å²) >= 11 is 0. The maximum absolute atomic E-state index is 12.5. The Morgan fingerprint density at radius 3 is 2.00 bits per heavy atom. The van der Waals surface area contributed by atoms with E-state index in [2.05, 4.69) is 5.32 Å². The number of nitrogens with one attached hydrogen (secondary N) is 1. The molecule has 3 aromatic rings. The number of ether oxygens (including phenoxy) is 1. The minimum absolute atomic E-state index is 0.234. The summed E-state index contributed by atoms with van der Waals surface area (Å²) < 4.78 is 31.4. The molecule has 3 rings (SSSR count). The second-order valence-electron chi connectivity index (χ2n) is 6.88. The van der Waals surface area contributed by atoms with Gasteiger partial charge in [-0.05, 0) is 48.9 Å². The molecule has 0 heterocycles. The van der Waals surface area contributed by atoms with Crippen LogP contribution >= 0.6 is 0 Å². The van der Waals surface area contributed by atoms with Gasteiger partial charge in [0.1, 0.15) is 18.0 Å². The molecule has 0 aliphatic rings. The van der Waals surface area contributed by atoms with Crippen LogP contribution in [0.2, 0.25) is 0 Å². The van der Waals surface area contributed by atoms with Crippen LogP contribution in [0.15, 0.2) is 84.9 Å². The van der Waals surface area contributed by atoms with Crippen molar-refractivity contribution in [3.8, 4) is 11.5 Å². The Morgan fingerprint density at radius 1 is 0.900 bits per heavy atom. The van der Waals surface area contributed by atoms with E-state index in [4.69, 9.17) is 4.74 Å². The van der Waals surface area contributed by atoms with E-state index in [0.29, 0.717) is 17.2 Å². The molecule has 1 amide bonds. The largest absolute Gasteiger partial charge is 0.457 e. The summed E-state index contributed by atoms with van der Waals surface area (Å²) in [6.07, 6.45) is 1.08. The second-order valence-corrected chi connectivity index (χ2v) is 8.79. The lowest BCUT2D eigenvalue weighted by atomic mass is 10.1. The Kier molecular flexibility index (Phi) is 6.74. The molecule has 0 fully saturated rings. The van der Waals surface area contributed by atoms with Crippen molar-refractivity contribution in [1.29, 1.82) is 0 Å². The van der Waals surface area contributed by atoms with Crippen LogP contribution < -0.4 is 14.4 Å². The molecule has 30 heavy (non-hydrogen) atoms. The number of nitrogens with zero attached hydrogens (tertiary/aromatic N) is 1. The van der Waals surface area contributed by atoms with Crippen molar-refractivity contribution in [3.05, 3.63) is 90.5 Å². The third-order valence-electron chi connectivity index (χ3n) is 4.47. The van der Waals surface area contributed by atoms with Crippen molar-refractivity contribution in [2.75, 3.05) is 17.1 Å². The number of sulfonamides is 1. The Hall–Kier alpha value is -3.32. The summed E-state index contributed by atoms with van der Waals surface area (Å²) in [5.74, 6) is 0.862. The van der Waals surface area contributed by atoms with Crippen molar-refractivity contribution in [1.82, 2.24) is 5.32 Å². The third-order valence-corrected chi connectivity index (χ3v) is 5.61. The van der Waals surface area contributed by atoms with E-state index >= 15 is 0 Å². The number of anilines is 1. The highest BCUT2D eigenvalue weighted by atomic mass is 32.2. The fourth-order valence-electron chi connectivity index (χ4n) is 2.95. The number of hydrogen-bond donors (Lipinski definition) is 1. The molecule has 0 saturated heterocycles. The molecule has 1 N–H and O–H groups in total. The van der Waals surface area contributed by atoms with Gasteiger partial charge in [-0.1, -0.05) is 48.5 Å². The van der Waals surface area contributed by atoms with Crippen LogP contribution in [0, 0.1) is 0 Å². The molecular formula is C23H24N2O4S. The standard InChI is InChI=1S/C23H24N2O4S/c1-18(19-9-5-3-6-10-19)24-23(26)17-25(30(2,27)28)20-13-15-22(16-14-20)29-21-11-7-4-8-12-21/h3-16,18H,17H2,1-2H3,(H,24,26)/t18-/m1/s1. The minimum Gasteiger partial charge on any atom is -0.457 e. The van der Waals surface area contributed by atoms with Gasteiger partial charge >= 0.3 is 0 Å². The third kappa shape index (κ3) is 5.84. The van der Waals surface area contributed by atoms with Gasteiger partial charge in [-0.25, -0.2) is 8.42 Å². The van der Waals surface area contributed by atoms with Crippen molar-refractivity contribution in [3.63, 3.8) is 0 Å². The van der Waals surface area contributed by atoms with Gasteiger partial charge in [0.25, 0.3) is 0 Å². The first-order valence-corrected chi connectivity index (χ1v) is 11.3. The SMILES string of the molecule is C[C@@H](NC(=O)CN(c1ccc(Oc2ccccc2)cc1)S(C)(=O)=O)c1ccccc1. The zero-order valence-electron chi connectivity index (χ0n) is 16.9. The zero-order valence-corrected chi connectivity index (χ0v) is 17.7. The molecular weight excluding hydrogens is 400 g/mol.